The first-order valence-corrected chi connectivity index (χ1v) is 6.78. The number of hydrogen-bond donors (Lipinski definition) is 2. The Hall–Kier alpha value is -2.12. The second kappa shape index (κ2) is 6.11. The van der Waals surface area contributed by atoms with Crippen LogP contribution in [0.25, 0.3) is 0 Å². The lowest BCUT2D eigenvalue weighted by atomic mass is 10.3. The predicted molar refractivity (Wildman–Crippen MR) is 88.2 cm³/mol. The van der Waals surface area contributed by atoms with Crippen molar-refractivity contribution in [1.29, 1.82) is 0 Å². The molecule has 2 N–H and O–H groups in total. The second-order valence-corrected chi connectivity index (χ2v) is 5.20. The summed E-state index contributed by atoms with van der Waals surface area (Å²) in [7, 11) is 2.97. The van der Waals surface area contributed by atoms with Gasteiger partial charge in [-0.2, -0.15) is 0 Å². The molecule has 0 fully saturated rings. The summed E-state index contributed by atoms with van der Waals surface area (Å²) in [5.41, 5.74) is -0.0973. The number of anilines is 2. The topological polar surface area (TPSA) is 68.1 Å². The molecule has 110 valence electrons. The van der Waals surface area contributed by atoms with E-state index in [1.807, 2.05) is 0 Å². The van der Waals surface area contributed by atoms with Crippen molar-refractivity contribution >= 4 is 40.4 Å². The van der Waals surface area contributed by atoms with Gasteiger partial charge in [0.1, 0.15) is 5.82 Å². The summed E-state index contributed by atoms with van der Waals surface area (Å²) in [6, 6.07) is 8.27. The Labute approximate surface area is 131 Å². The quantitative estimate of drug-likeness (QED) is 0.820. The van der Waals surface area contributed by atoms with E-state index in [1.54, 1.807) is 31.3 Å². The first kappa shape index (κ1) is 15.3. The number of thiocarbonyl (C=S) groups is 1. The molecule has 0 spiro atoms. The Morgan fingerprint density at radius 1 is 1.10 bits per heavy atom. The van der Waals surface area contributed by atoms with Crippen molar-refractivity contribution in [3.63, 3.8) is 0 Å². The number of benzene rings is 1. The molecular weight excluding hydrogens is 312 g/mol. The Morgan fingerprint density at radius 3 is 2.33 bits per heavy atom. The summed E-state index contributed by atoms with van der Waals surface area (Å²) in [5.74, 6) is 0.314. The molecule has 2 rings (SSSR count). The lowest BCUT2D eigenvalue weighted by molar-refractivity contribution is 0.693. The van der Waals surface area contributed by atoms with Gasteiger partial charge in [0.25, 0.3) is 5.56 Å². The molecule has 0 saturated carbocycles. The van der Waals surface area contributed by atoms with Gasteiger partial charge in [-0.15, -0.1) is 0 Å². The van der Waals surface area contributed by atoms with E-state index in [9.17, 15) is 9.59 Å². The highest BCUT2D eigenvalue weighted by Crippen LogP contribution is 2.13. The number of hydrogen-bond acceptors (Lipinski definition) is 3. The number of aromatic nitrogens is 2. The molecule has 6 nitrogen and oxygen atoms in total. The van der Waals surface area contributed by atoms with Crippen LogP contribution in [0.2, 0.25) is 5.02 Å². The van der Waals surface area contributed by atoms with Crippen molar-refractivity contribution < 1.29 is 0 Å². The molecule has 1 aromatic carbocycles. The van der Waals surface area contributed by atoms with Gasteiger partial charge in [-0.25, -0.2) is 4.79 Å². The Morgan fingerprint density at radius 2 is 1.71 bits per heavy atom. The molecule has 0 aliphatic heterocycles. The maximum atomic E-state index is 11.8. The van der Waals surface area contributed by atoms with Crippen LogP contribution in [0.5, 0.6) is 0 Å². The van der Waals surface area contributed by atoms with Crippen LogP contribution in [0.15, 0.2) is 39.9 Å². The first-order valence-electron chi connectivity index (χ1n) is 5.99. The second-order valence-electron chi connectivity index (χ2n) is 4.35. The summed E-state index contributed by atoms with van der Waals surface area (Å²) in [6.07, 6.45) is 0. The number of nitrogens with one attached hydrogen (secondary N) is 2. The van der Waals surface area contributed by atoms with Gasteiger partial charge in [0.15, 0.2) is 5.11 Å². The van der Waals surface area contributed by atoms with Crippen LogP contribution >= 0.6 is 23.8 Å². The van der Waals surface area contributed by atoms with E-state index in [-0.39, 0.29) is 5.11 Å². The molecule has 0 unspecified atom stereocenters. The molecule has 8 heteroatoms. The monoisotopic (exact) mass is 324 g/mol. The van der Waals surface area contributed by atoms with Crippen LogP contribution in [0.4, 0.5) is 11.5 Å². The third-order valence-corrected chi connectivity index (χ3v) is 3.33. The van der Waals surface area contributed by atoms with Crippen molar-refractivity contribution in [3.05, 3.63) is 56.2 Å². The lowest BCUT2D eigenvalue weighted by Crippen LogP contribution is -2.38. The molecule has 0 radical (unpaired) electrons. The van der Waals surface area contributed by atoms with E-state index in [1.165, 1.54) is 17.7 Å². The maximum absolute atomic E-state index is 11.8. The van der Waals surface area contributed by atoms with Crippen LogP contribution in [-0.2, 0) is 14.1 Å². The molecule has 0 amide bonds. The highest BCUT2D eigenvalue weighted by molar-refractivity contribution is 7.80. The summed E-state index contributed by atoms with van der Waals surface area (Å²) in [5, 5.41) is 6.64. The molecule has 0 aliphatic rings. The minimum atomic E-state index is -0.431. The Bertz CT molecular complexity index is 795. The fourth-order valence-electron chi connectivity index (χ4n) is 1.66. The van der Waals surface area contributed by atoms with E-state index < -0.39 is 11.2 Å². The summed E-state index contributed by atoms with van der Waals surface area (Å²) < 4.78 is 2.32. The molecule has 21 heavy (non-hydrogen) atoms. The van der Waals surface area contributed by atoms with Crippen molar-refractivity contribution in [2.45, 2.75) is 0 Å². The zero-order chi connectivity index (χ0) is 15.6. The van der Waals surface area contributed by atoms with Crippen molar-refractivity contribution in [3.8, 4) is 0 Å². The average molecular weight is 325 g/mol. The predicted octanol–water partition coefficient (Wildman–Crippen LogP) is 1.55. The normalized spacial score (nSPS) is 10.2. The van der Waals surface area contributed by atoms with Gasteiger partial charge in [0, 0.05) is 30.9 Å². The third-order valence-electron chi connectivity index (χ3n) is 2.87. The molecule has 1 heterocycles. The summed E-state index contributed by atoms with van der Waals surface area (Å²) in [6.45, 7) is 0. The third kappa shape index (κ3) is 3.50. The van der Waals surface area contributed by atoms with Gasteiger partial charge in [-0.05, 0) is 36.5 Å². The molecule has 0 aliphatic carbocycles. The van der Waals surface area contributed by atoms with Gasteiger partial charge in [0.2, 0.25) is 0 Å². The molecule has 2 aromatic rings. The SMILES string of the molecule is Cn1c(NC(=S)Nc2ccc(Cl)cc2)cc(=O)n(C)c1=O. The maximum Gasteiger partial charge on any atom is 0.332 e. The van der Waals surface area contributed by atoms with E-state index in [2.05, 4.69) is 10.6 Å². The van der Waals surface area contributed by atoms with Gasteiger partial charge in [-0.3, -0.25) is 13.9 Å². The molecule has 1 aromatic heterocycles. The standard InChI is InChI=1S/C13H13ClN4O2S/c1-17-10(7-11(19)18(2)13(17)20)16-12(21)15-9-5-3-8(14)4-6-9/h3-7H,1-2H3,(H2,15,16,21). The van der Waals surface area contributed by atoms with Gasteiger partial charge >= 0.3 is 5.69 Å². The van der Waals surface area contributed by atoms with E-state index in [4.69, 9.17) is 23.8 Å². The van der Waals surface area contributed by atoms with Crippen LogP contribution in [0.3, 0.4) is 0 Å². The fourth-order valence-corrected chi connectivity index (χ4v) is 2.01. The zero-order valence-electron chi connectivity index (χ0n) is 11.4. The number of nitrogens with zero attached hydrogens (tertiary/aromatic N) is 2. The van der Waals surface area contributed by atoms with Crippen LogP contribution in [-0.4, -0.2) is 14.2 Å². The zero-order valence-corrected chi connectivity index (χ0v) is 13.0. The van der Waals surface area contributed by atoms with Crippen LogP contribution < -0.4 is 21.9 Å². The largest absolute Gasteiger partial charge is 0.332 e. The molecule has 0 saturated heterocycles. The summed E-state index contributed by atoms with van der Waals surface area (Å²) in [4.78, 5) is 23.4. The van der Waals surface area contributed by atoms with Crippen molar-refractivity contribution in [1.82, 2.24) is 9.13 Å². The molecule has 0 atom stereocenters. The van der Waals surface area contributed by atoms with E-state index in [0.717, 1.165) is 10.3 Å². The molecular formula is C13H13ClN4O2S. The number of rotatable bonds is 2. The Kier molecular flexibility index (Phi) is 4.44. The van der Waals surface area contributed by atoms with E-state index >= 15 is 0 Å². The van der Waals surface area contributed by atoms with Crippen LogP contribution in [0.1, 0.15) is 0 Å². The minimum Gasteiger partial charge on any atom is -0.332 e. The van der Waals surface area contributed by atoms with Gasteiger partial charge in [-0.1, -0.05) is 11.6 Å². The fraction of sp³-hybridized carbons (Fsp3) is 0.154. The minimum absolute atomic E-state index is 0.264. The van der Waals surface area contributed by atoms with Crippen LogP contribution in [0, 0.1) is 0 Å². The van der Waals surface area contributed by atoms with Gasteiger partial charge in [0.05, 0.1) is 0 Å². The van der Waals surface area contributed by atoms with E-state index in [0.29, 0.717) is 10.8 Å². The van der Waals surface area contributed by atoms with Crippen molar-refractivity contribution in [2.24, 2.45) is 14.1 Å². The molecule has 0 bridgehead atoms. The first-order chi connectivity index (χ1) is 9.88. The van der Waals surface area contributed by atoms with Crippen molar-refractivity contribution in [2.75, 3.05) is 10.6 Å². The number of halogens is 1. The highest BCUT2D eigenvalue weighted by atomic mass is 35.5. The Balaban J connectivity index is 2.19. The van der Waals surface area contributed by atoms with Gasteiger partial charge < -0.3 is 10.6 Å². The lowest BCUT2D eigenvalue weighted by Gasteiger charge is -2.13. The average Bonchev–Trinajstić information content (AvgIpc) is 2.45. The smallest absolute Gasteiger partial charge is 0.332 e. The summed E-state index contributed by atoms with van der Waals surface area (Å²) >= 11 is 10.9. The highest BCUT2D eigenvalue weighted by Gasteiger charge is 2.07.